The number of amides is 2. The lowest BCUT2D eigenvalue weighted by Gasteiger charge is -2.27. The Labute approximate surface area is 171 Å². The number of nitrogens with one attached hydrogen (secondary N) is 1. The predicted octanol–water partition coefficient (Wildman–Crippen LogP) is 4.15. The van der Waals surface area contributed by atoms with Crippen molar-refractivity contribution in [1.29, 1.82) is 0 Å². The highest BCUT2D eigenvalue weighted by molar-refractivity contribution is 6.33. The van der Waals surface area contributed by atoms with Gasteiger partial charge in [0.2, 0.25) is 5.91 Å². The fourth-order valence-corrected chi connectivity index (χ4v) is 3.05. The molecule has 0 aliphatic carbocycles. The van der Waals surface area contributed by atoms with Crippen LogP contribution in [0.25, 0.3) is 0 Å². The number of likely N-dealkylation sites (N-methyl/N-ethyl adjacent to an activating group) is 1. The fraction of sp³-hybridized carbons (Fsp3) is 0.364. The van der Waals surface area contributed by atoms with Gasteiger partial charge in [-0.15, -0.1) is 0 Å². The molecule has 6 heteroatoms. The monoisotopic (exact) mass is 402 g/mol. The number of carbonyl (C=O) groups excluding carboxylic acids is 2. The van der Waals surface area contributed by atoms with Crippen LogP contribution >= 0.6 is 11.6 Å². The van der Waals surface area contributed by atoms with Crippen LogP contribution in [0.15, 0.2) is 48.5 Å². The Balaban J connectivity index is 2.06. The summed E-state index contributed by atoms with van der Waals surface area (Å²) in [5.74, 6) is 0.227. The number of hydrogen-bond acceptors (Lipinski definition) is 3. The number of carbonyl (C=O) groups is 2. The van der Waals surface area contributed by atoms with Gasteiger partial charge in [-0.3, -0.25) is 9.59 Å². The first-order valence-corrected chi connectivity index (χ1v) is 9.73. The van der Waals surface area contributed by atoms with Crippen molar-refractivity contribution in [2.24, 2.45) is 5.92 Å². The van der Waals surface area contributed by atoms with E-state index in [9.17, 15) is 9.59 Å². The molecule has 0 bridgehead atoms. The van der Waals surface area contributed by atoms with Crippen molar-refractivity contribution in [2.45, 2.75) is 33.4 Å². The average molecular weight is 403 g/mol. The Morgan fingerprint density at radius 2 is 1.75 bits per heavy atom. The number of rotatable bonds is 8. The Morgan fingerprint density at radius 3 is 2.32 bits per heavy atom. The fourth-order valence-electron chi connectivity index (χ4n) is 2.82. The van der Waals surface area contributed by atoms with Crippen LogP contribution in [0.2, 0.25) is 5.02 Å². The van der Waals surface area contributed by atoms with E-state index in [1.807, 2.05) is 45.0 Å². The van der Waals surface area contributed by atoms with Gasteiger partial charge in [-0.25, -0.2) is 0 Å². The van der Waals surface area contributed by atoms with Crippen molar-refractivity contribution in [1.82, 2.24) is 10.2 Å². The Morgan fingerprint density at radius 1 is 1.11 bits per heavy atom. The van der Waals surface area contributed by atoms with Crippen molar-refractivity contribution in [3.63, 3.8) is 0 Å². The number of ether oxygens (including phenoxy) is 1. The highest BCUT2D eigenvalue weighted by Gasteiger charge is 2.28. The summed E-state index contributed by atoms with van der Waals surface area (Å²) in [4.78, 5) is 27.2. The van der Waals surface area contributed by atoms with Crippen molar-refractivity contribution >= 4 is 23.4 Å². The summed E-state index contributed by atoms with van der Waals surface area (Å²) < 4.78 is 5.44. The van der Waals surface area contributed by atoms with Gasteiger partial charge in [-0.2, -0.15) is 0 Å². The SMILES string of the molecule is CCOc1ccc(CN(C)C(=O)[C@@H](NC(=O)c2ccccc2Cl)C(C)C)cc1. The van der Waals surface area contributed by atoms with Crippen molar-refractivity contribution in [2.75, 3.05) is 13.7 Å². The molecule has 0 fully saturated rings. The van der Waals surface area contributed by atoms with Crippen molar-refractivity contribution < 1.29 is 14.3 Å². The Hall–Kier alpha value is -2.53. The van der Waals surface area contributed by atoms with Crippen molar-refractivity contribution in [3.8, 4) is 5.75 Å². The summed E-state index contributed by atoms with van der Waals surface area (Å²) in [7, 11) is 1.73. The quantitative estimate of drug-likeness (QED) is 0.721. The lowest BCUT2D eigenvalue weighted by Crippen LogP contribution is -2.50. The van der Waals surface area contributed by atoms with Gasteiger partial charge in [0.15, 0.2) is 0 Å². The topological polar surface area (TPSA) is 58.6 Å². The molecular weight excluding hydrogens is 376 g/mol. The zero-order valence-corrected chi connectivity index (χ0v) is 17.5. The molecule has 1 N–H and O–H groups in total. The zero-order chi connectivity index (χ0) is 20.7. The van der Waals surface area contributed by atoms with Gasteiger partial charge in [0, 0.05) is 13.6 Å². The van der Waals surface area contributed by atoms with Crippen LogP contribution in [0, 0.1) is 5.92 Å². The maximum atomic E-state index is 13.0. The zero-order valence-electron chi connectivity index (χ0n) is 16.7. The molecular formula is C22H27ClN2O3. The molecule has 1 atom stereocenters. The van der Waals surface area contributed by atoms with Gasteiger partial charge in [0.25, 0.3) is 5.91 Å². The highest BCUT2D eigenvalue weighted by atomic mass is 35.5. The second kappa shape index (κ2) is 10.1. The summed E-state index contributed by atoms with van der Waals surface area (Å²) in [6.07, 6.45) is 0. The lowest BCUT2D eigenvalue weighted by molar-refractivity contribution is -0.133. The molecule has 0 radical (unpaired) electrons. The summed E-state index contributed by atoms with van der Waals surface area (Å²) in [5, 5.41) is 3.19. The van der Waals surface area contributed by atoms with Gasteiger partial charge in [0.1, 0.15) is 11.8 Å². The van der Waals surface area contributed by atoms with Crippen LogP contribution < -0.4 is 10.1 Å². The molecule has 0 heterocycles. The van der Waals surface area contributed by atoms with Crippen LogP contribution in [0.1, 0.15) is 36.7 Å². The molecule has 0 aliphatic heterocycles. The van der Waals surface area contributed by atoms with E-state index < -0.39 is 6.04 Å². The minimum atomic E-state index is -0.642. The largest absolute Gasteiger partial charge is 0.494 e. The predicted molar refractivity (Wildman–Crippen MR) is 112 cm³/mol. The molecule has 0 aliphatic rings. The first-order chi connectivity index (χ1) is 13.3. The van der Waals surface area contributed by atoms with E-state index in [-0.39, 0.29) is 17.7 Å². The van der Waals surface area contributed by atoms with Gasteiger partial charge in [-0.05, 0) is 42.7 Å². The van der Waals surface area contributed by atoms with Crippen LogP contribution in [0.3, 0.4) is 0 Å². The molecule has 2 amide bonds. The lowest BCUT2D eigenvalue weighted by atomic mass is 10.0. The maximum Gasteiger partial charge on any atom is 0.253 e. The van der Waals surface area contributed by atoms with Gasteiger partial charge in [0.05, 0.1) is 17.2 Å². The molecule has 2 aromatic carbocycles. The van der Waals surface area contributed by atoms with Crippen LogP contribution in [-0.4, -0.2) is 36.4 Å². The number of nitrogens with zero attached hydrogens (tertiary/aromatic N) is 1. The molecule has 0 saturated heterocycles. The average Bonchev–Trinajstić information content (AvgIpc) is 2.67. The Bertz CT molecular complexity index is 806. The second-order valence-corrected chi connectivity index (χ2v) is 7.35. The molecule has 150 valence electrons. The van der Waals surface area contributed by atoms with Gasteiger partial charge in [-0.1, -0.05) is 49.7 Å². The number of benzene rings is 2. The van der Waals surface area contributed by atoms with Gasteiger partial charge >= 0.3 is 0 Å². The highest BCUT2D eigenvalue weighted by Crippen LogP contribution is 2.17. The molecule has 5 nitrogen and oxygen atoms in total. The summed E-state index contributed by atoms with van der Waals surface area (Å²) in [6.45, 7) is 6.79. The minimum Gasteiger partial charge on any atom is -0.494 e. The smallest absolute Gasteiger partial charge is 0.253 e. The molecule has 2 aromatic rings. The van der Waals surface area contributed by atoms with E-state index in [0.717, 1.165) is 11.3 Å². The molecule has 0 saturated carbocycles. The first kappa shape index (κ1) is 21.8. The third-order valence-electron chi connectivity index (χ3n) is 4.37. The van der Waals surface area contributed by atoms with E-state index in [0.29, 0.717) is 23.7 Å². The van der Waals surface area contributed by atoms with Crippen molar-refractivity contribution in [3.05, 3.63) is 64.7 Å². The van der Waals surface area contributed by atoms with Crippen LogP contribution in [0.5, 0.6) is 5.75 Å². The van der Waals surface area contributed by atoms with Crippen LogP contribution in [0.4, 0.5) is 0 Å². The molecule has 28 heavy (non-hydrogen) atoms. The maximum absolute atomic E-state index is 13.0. The van der Waals surface area contributed by atoms with E-state index >= 15 is 0 Å². The van der Waals surface area contributed by atoms with E-state index in [4.69, 9.17) is 16.3 Å². The molecule has 2 rings (SSSR count). The molecule has 0 aromatic heterocycles. The van der Waals surface area contributed by atoms with Crippen LogP contribution in [-0.2, 0) is 11.3 Å². The molecule has 0 spiro atoms. The third-order valence-corrected chi connectivity index (χ3v) is 4.70. The normalized spacial score (nSPS) is 11.8. The summed E-state index contributed by atoms with van der Waals surface area (Å²) >= 11 is 6.10. The summed E-state index contributed by atoms with van der Waals surface area (Å²) in [6, 6.07) is 13.8. The number of halogens is 1. The van der Waals surface area contributed by atoms with Gasteiger partial charge < -0.3 is 15.0 Å². The van der Waals surface area contributed by atoms with E-state index in [1.54, 1.807) is 36.2 Å². The Kier molecular flexibility index (Phi) is 7.88. The minimum absolute atomic E-state index is 0.0679. The second-order valence-electron chi connectivity index (χ2n) is 6.95. The summed E-state index contributed by atoms with van der Waals surface area (Å²) in [5.41, 5.74) is 1.34. The molecule has 0 unspecified atom stereocenters. The van der Waals surface area contributed by atoms with E-state index in [1.165, 1.54) is 0 Å². The first-order valence-electron chi connectivity index (χ1n) is 9.35. The number of hydrogen-bond donors (Lipinski definition) is 1. The third kappa shape index (κ3) is 5.73. The standard InChI is InChI=1S/C22H27ClN2O3/c1-5-28-17-12-10-16(11-13-17)14-25(4)22(27)20(15(2)3)24-21(26)18-8-6-7-9-19(18)23/h6-13,15,20H,5,14H2,1-4H3,(H,24,26)/t20-/m0/s1. The van der Waals surface area contributed by atoms with E-state index in [2.05, 4.69) is 5.32 Å².